The predicted octanol–water partition coefficient (Wildman–Crippen LogP) is 0.936. The van der Waals surface area contributed by atoms with Crippen LogP contribution in [0.2, 0.25) is 0 Å². The second-order valence-electron chi connectivity index (χ2n) is 5.52. The van der Waals surface area contributed by atoms with E-state index in [1.165, 1.54) is 16.6 Å². The van der Waals surface area contributed by atoms with Gasteiger partial charge in [0.15, 0.2) is 5.13 Å². The summed E-state index contributed by atoms with van der Waals surface area (Å²) in [6.07, 6.45) is 2.01. The van der Waals surface area contributed by atoms with Crippen LogP contribution in [0.15, 0.2) is 6.20 Å². The number of anilines is 1. The number of thiazole rings is 1. The zero-order valence-electron chi connectivity index (χ0n) is 12.9. The Morgan fingerprint density at radius 2 is 2.05 bits per heavy atom. The van der Waals surface area contributed by atoms with Gasteiger partial charge >= 0.3 is 0 Å². The van der Waals surface area contributed by atoms with E-state index in [4.69, 9.17) is 0 Å². The number of likely N-dealkylation sites (N-methyl/N-ethyl adjacent to an activating group) is 1. The maximum atomic E-state index is 4.57. The summed E-state index contributed by atoms with van der Waals surface area (Å²) in [5, 5.41) is 4.54. The highest BCUT2D eigenvalue weighted by molar-refractivity contribution is 7.15. The Morgan fingerprint density at radius 1 is 1.30 bits per heavy atom. The quantitative estimate of drug-likeness (QED) is 0.810. The van der Waals surface area contributed by atoms with Gasteiger partial charge in [0.05, 0.1) is 0 Å². The van der Waals surface area contributed by atoms with Gasteiger partial charge in [0.1, 0.15) is 0 Å². The molecule has 1 aromatic heterocycles. The molecule has 5 nitrogen and oxygen atoms in total. The molecule has 1 aliphatic heterocycles. The van der Waals surface area contributed by atoms with Crippen molar-refractivity contribution in [1.29, 1.82) is 0 Å². The molecule has 1 aliphatic rings. The van der Waals surface area contributed by atoms with Crippen molar-refractivity contribution >= 4 is 16.5 Å². The zero-order chi connectivity index (χ0) is 14.4. The van der Waals surface area contributed by atoms with Gasteiger partial charge in [-0.15, -0.1) is 11.3 Å². The first-order valence-corrected chi connectivity index (χ1v) is 8.28. The third-order valence-electron chi connectivity index (χ3n) is 3.60. The van der Waals surface area contributed by atoms with E-state index < -0.39 is 0 Å². The lowest BCUT2D eigenvalue weighted by atomic mass is 10.3. The summed E-state index contributed by atoms with van der Waals surface area (Å²) < 4.78 is 0. The highest BCUT2D eigenvalue weighted by atomic mass is 32.1. The van der Waals surface area contributed by atoms with Crippen LogP contribution in [-0.4, -0.2) is 74.7 Å². The molecule has 0 bridgehead atoms. The Hall–Kier alpha value is -0.690. The van der Waals surface area contributed by atoms with E-state index in [-0.39, 0.29) is 0 Å². The topological polar surface area (TPSA) is 34.6 Å². The molecule has 6 heteroatoms. The third-order valence-corrected chi connectivity index (χ3v) is 4.65. The lowest BCUT2D eigenvalue weighted by molar-refractivity contribution is 0.229. The molecule has 2 heterocycles. The molecule has 0 spiro atoms. The fourth-order valence-corrected chi connectivity index (χ4v) is 3.21. The second-order valence-corrected chi connectivity index (χ2v) is 6.62. The summed E-state index contributed by atoms with van der Waals surface area (Å²) in [5.41, 5.74) is 0. The van der Waals surface area contributed by atoms with Gasteiger partial charge in [-0.2, -0.15) is 0 Å². The number of nitrogens with one attached hydrogen (secondary N) is 1. The van der Waals surface area contributed by atoms with Crippen molar-refractivity contribution < 1.29 is 0 Å². The Morgan fingerprint density at radius 3 is 2.70 bits per heavy atom. The second kappa shape index (κ2) is 7.93. The summed E-state index contributed by atoms with van der Waals surface area (Å²) >= 11 is 1.82. The number of rotatable bonds is 7. The van der Waals surface area contributed by atoms with E-state index in [1.807, 2.05) is 17.5 Å². The Labute approximate surface area is 126 Å². The summed E-state index contributed by atoms with van der Waals surface area (Å²) in [6, 6.07) is 0. The van der Waals surface area contributed by atoms with Gasteiger partial charge in [0.2, 0.25) is 0 Å². The third kappa shape index (κ3) is 4.70. The molecule has 0 aliphatic carbocycles. The van der Waals surface area contributed by atoms with Crippen molar-refractivity contribution in [3.63, 3.8) is 0 Å². The van der Waals surface area contributed by atoms with Crippen molar-refractivity contribution in [2.24, 2.45) is 0 Å². The Kier molecular flexibility index (Phi) is 6.22. The van der Waals surface area contributed by atoms with Crippen LogP contribution < -0.4 is 10.2 Å². The first-order chi connectivity index (χ1) is 9.69. The largest absolute Gasteiger partial charge is 0.346 e. The van der Waals surface area contributed by atoms with Gasteiger partial charge in [0.25, 0.3) is 0 Å². The van der Waals surface area contributed by atoms with Crippen LogP contribution >= 0.6 is 11.3 Å². The zero-order valence-corrected chi connectivity index (χ0v) is 13.7. The van der Waals surface area contributed by atoms with Crippen LogP contribution in [0.4, 0.5) is 5.13 Å². The van der Waals surface area contributed by atoms with E-state index in [1.54, 1.807) is 0 Å². The van der Waals surface area contributed by atoms with Crippen molar-refractivity contribution in [1.82, 2.24) is 20.1 Å². The molecule has 20 heavy (non-hydrogen) atoms. The number of piperazine rings is 1. The van der Waals surface area contributed by atoms with Crippen molar-refractivity contribution in [3.8, 4) is 0 Å². The summed E-state index contributed by atoms with van der Waals surface area (Å²) in [4.78, 5) is 13.1. The van der Waals surface area contributed by atoms with Crippen molar-refractivity contribution in [2.45, 2.75) is 13.5 Å². The molecule has 0 radical (unpaired) electrons. The molecule has 2 rings (SSSR count). The molecule has 1 aromatic rings. The first kappa shape index (κ1) is 15.7. The SMILES string of the molecule is CCNCc1cnc(N2CCN(CCN(C)C)CC2)s1. The summed E-state index contributed by atoms with van der Waals surface area (Å²) in [5.74, 6) is 0. The van der Waals surface area contributed by atoms with Crippen molar-refractivity contribution in [3.05, 3.63) is 11.1 Å². The smallest absolute Gasteiger partial charge is 0.185 e. The number of hydrogen-bond acceptors (Lipinski definition) is 6. The minimum atomic E-state index is 0.941. The van der Waals surface area contributed by atoms with Gasteiger partial charge in [-0.05, 0) is 20.6 Å². The molecule has 1 fully saturated rings. The average molecular weight is 297 g/mol. The molecule has 0 aromatic carbocycles. The fourth-order valence-electron chi connectivity index (χ4n) is 2.28. The number of hydrogen-bond donors (Lipinski definition) is 1. The van der Waals surface area contributed by atoms with Crippen LogP contribution in [0, 0.1) is 0 Å². The molecule has 0 saturated carbocycles. The molecule has 1 saturated heterocycles. The van der Waals surface area contributed by atoms with E-state index in [0.29, 0.717) is 0 Å². The van der Waals surface area contributed by atoms with E-state index in [9.17, 15) is 0 Å². The monoisotopic (exact) mass is 297 g/mol. The maximum Gasteiger partial charge on any atom is 0.185 e. The minimum Gasteiger partial charge on any atom is -0.346 e. The molecular weight excluding hydrogens is 270 g/mol. The predicted molar refractivity (Wildman–Crippen MR) is 86.7 cm³/mol. The average Bonchev–Trinajstić information content (AvgIpc) is 2.92. The van der Waals surface area contributed by atoms with E-state index in [2.05, 4.69) is 46.0 Å². The standard InChI is InChI=1S/C14H27N5S/c1-4-15-11-13-12-16-14(20-13)19-9-7-18(8-10-19)6-5-17(2)3/h12,15H,4-11H2,1-3H3. The normalized spacial score (nSPS) is 17.1. The lowest BCUT2D eigenvalue weighted by Crippen LogP contribution is -2.48. The number of aromatic nitrogens is 1. The maximum absolute atomic E-state index is 4.57. The highest BCUT2D eigenvalue weighted by Crippen LogP contribution is 2.23. The van der Waals surface area contributed by atoms with Crippen LogP contribution in [-0.2, 0) is 6.54 Å². The molecule has 114 valence electrons. The Balaban J connectivity index is 1.77. The molecule has 1 N–H and O–H groups in total. The van der Waals surface area contributed by atoms with Gasteiger partial charge < -0.3 is 15.1 Å². The van der Waals surface area contributed by atoms with Crippen LogP contribution in [0.5, 0.6) is 0 Å². The highest BCUT2D eigenvalue weighted by Gasteiger charge is 2.19. The fraction of sp³-hybridized carbons (Fsp3) is 0.786. The van der Waals surface area contributed by atoms with Crippen LogP contribution in [0.25, 0.3) is 0 Å². The molecule has 0 atom stereocenters. The van der Waals surface area contributed by atoms with Gasteiger partial charge in [-0.3, -0.25) is 4.90 Å². The van der Waals surface area contributed by atoms with Crippen LogP contribution in [0.1, 0.15) is 11.8 Å². The lowest BCUT2D eigenvalue weighted by Gasteiger charge is -2.35. The Bertz CT molecular complexity index is 385. The summed E-state index contributed by atoms with van der Waals surface area (Å²) in [6.45, 7) is 10.9. The van der Waals surface area contributed by atoms with Gasteiger partial charge in [-0.25, -0.2) is 4.98 Å². The molecule has 0 amide bonds. The van der Waals surface area contributed by atoms with Gasteiger partial charge in [0, 0.05) is 56.9 Å². The molecule has 0 unspecified atom stereocenters. The van der Waals surface area contributed by atoms with Crippen molar-refractivity contribution in [2.75, 3.05) is 64.8 Å². The van der Waals surface area contributed by atoms with Gasteiger partial charge in [-0.1, -0.05) is 6.92 Å². The first-order valence-electron chi connectivity index (χ1n) is 7.46. The molecular formula is C14H27N5S. The van der Waals surface area contributed by atoms with Crippen LogP contribution in [0.3, 0.4) is 0 Å². The number of nitrogens with zero attached hydrogens (tertiary/aromatic N) is 4. The van der Waals surface area contributed by atoms with E-state index >= 15 is 0 Å². The summed E-state index contributed by atoms with van der Waals surface area (Å²) in [7, 11) is 4.27. The minimum absolute atomic E-state index is 0.941. The van der Waals surface area contributed by atoms with E-state index in [0.717, 1.165) is 45.8 Å².